The van der Waals surface area contributed by atoms with Gasteiger partial charge in [0, 0.05) is 35.5 Å². The van der Waals surface area contributed by atoms with Crippen molar-refractivity contribution in [3.05, 3.63) is 87.9 Å². The molecule has 5 nitrogen and oxygen atoms in total. The number of Topliss-reactive ketones (excluding diaryl/α,β-unsaturated/α-hetero) is 1. The molecule has 0 radical (unpaired) electrons. The first-order chi connectivity index (χ1) is 17.1. The number of aliphatic carboxylic acids is 1. The van der Waals surface area contributed by atoms with Gasteiger partial charge in [-0.15, -0.1) is 0 Å². The number of benzene rings is 3. The van der Waals surface area contributed by atoms with Gasteiger partial charge in [0.25, 0.3) is 0 Å². The SMILES string of the molecule is O=C(CCCc1cccc(C(F)(F)F)c1)c1ccc(Oc2cc3c(cc2Cl)C(C(=O)[O-])CCO3)cc1.[Na+]. The van der Waals surface area contributed by atoms with E-state index in [0.717, 1.165) is 12.1 Å². The third-order valence-electron chi connectivity index (χ3n) is 5.92. The number of carboxylic acid groups (broad SMARTS) is 1. The Kier molecular flexibility index (Phi) is 9.69. The molecule has 1 atom stereocenters. The third-order valence-corrected chi connectivity index (χ3v) is 6.21. The fourth-order valence-electron chi connectivity index (χ4n) is 4.05. The summed E-state index contributed by atoms with van der Waals surface area (Å²) in [5.74, 6) is -1.10. The number of carboxylic acids is 1. The van der Waals surface area contributed by atoms with Gasteiger partial charge in [-0.3, -0.25) is 4.79 Å². The molecule has 4 rings (SSSR count). The molecule has 0 amide bonds. The van der Waals surface area contributed by atoms with E-state index in [1.54, 1.807) is 30.3 Å². The molecule has 0 spiro atoms. The van der Waals surface area contributed by atoms with Crippen LogP contribution in [0.5, 0.6) is 17.2 Å². The van der Waals surface area contributed by atoms with Gasteiger partial charge >= 0.3 is 35.7 Å². The largest absolute Gasteiger partial charge is 1.00 e. The molecule has 0 aliphatic carbocycles. The number of fused-ring (bicyclic) bond motifs is 1. The first kappa shape index (κ1) is 29.0. The van der Waals surface area contributed by atoms with E-state index >= 15 is 0 Å². The maximum absolute atomic E-state index is 12.8. The molecule has 0 saturated heterocycles. The number of rotatable bonds is 8. The molecule has 1 heterocycles. The molecular formula is C27H21ClF3NaO5. The minimum Gasteiger partial charge on any atom is -0.549 e. The van der Waals surface area contributed by atoms with Crippen molar-refractivity contribution in [1.29, 1.82) is 0 Å². The number of carbonyl (C=O) groups is 2. The fraction of sp³-hybridized carbons (Fsp3) is 0.259. The van der Waals surface area contributed by atoms with Crippen LogP contribution in [0, 0.1) is 0 Å². The molecule has 1 aliphatic rings. The van der Waals surface area contributed by atoms with Crippen LogP contribution >= 0.6 is 11.6 Å². The molecular weight excluding hydrogens is 520 g/mol. The van der Waals surface area contributed by atoms with Crippen molar-refractivity contribution < 1.29 is 66.9 Å². The van der Waals surface area contributed by atoms with Gasteiger partial charge in [0.2, 0.25) is 0 Å². The van der Waals surface area contributed by atoms with Crippen LogP contribution in [0.25, 0.3) is 0 Å². The van der Waals surface area contributed by atoms with Crippen LogP contribution in [0.3, 0.4) is 0 Å². The van der Waals surface area contributed by atoms with Crippen molar-refractivity contribution in [3.8, 4) is 17.2 Å². The van der Waals surface area contributed by atoms with Crippen LogP contribution in [-0.4, -0.2) is 18.4 Å². The first-order valence-electron chi connectivity index (χ1n) is 11.3. The van der Waals surface area contributed by atoms with Crippen LogP contribution in [0.1, 0.15) is 52.2 Å². The molecule has 0 bridgehead atoms. The molecule has 1 unspecified atom stereocenters. The average molecular weight is 541 g/mol. The van der Waals surface area contributed by atoms with Gasteiger partial charge in [-0.25, -0.2) is 0 Å². The molecule has 3 aromatic rings. The predicted molar refractivity (Wildman–Crippen MR) is 125 cm³/mol. The molecule has 0 saturated carbocycles. The second-order valence-corrected chi connectivity index (χ2v) is 8.84. The molecule has 37 heavy (non-hydrogen) atoms. The van der Waals surface area contributed by atoms with E-state index in [4.69, 9.17) is 21.1 Å². The Morgan fingerprint density at radius 2 is 1.81 bits per heavy atom. The average Bonchev–Trinajstić information content (AvgIpc) is 2.84. The molecule has 1 aliphatic heterocycles. The van der Waals surface area contributed by atoms with Crippen molar-refractivity contribution in [2.24, 2.45) is 0 Å². The van der Waals surface area contributed by atoms with E-state index in [-0.39, 0.29) is 59.1 Å². The number of alkyl halides is 3. The maximum atomic E-state index is 12.8. The van der Waals surface area contributed by atoms with Crippen molar-refractivity contribution in [2.75, 3.05) is 6.61 Å². The summed E-state index contributed by atoms with van der Waals surface area (Å²) in [5, 5.41) is 11.6. The van der Waals surface area contributed by atoms with Crippen LogP contribution < -0.4 is 44.1 Å². The number of halogens is 4. The summed E-state index contributed by atoms with van der Waals surface area (Å²) in [6, 6.07) is 14.5. The molecule has 0 fully saturated rings. The second kappa shape index (κ2) is 12.3. The van der Waals surface area contributed by atoms with Gasteiger partial charge in [-0.05, 0) is 61.2 Å². The smallest absolute Gasteiger partial charge is 0.549 e. The van der Waals surface area contributed by atoms with Crippen molar-refractivity contribution in [2.45, 2.75) is 37.8 Å². The van der Waals surface area contributed by atoms with Crippen molar-refractivity contribution in [3.63, 3.8) is 0 Å². The maximum Gasteiger partial charge on any atom is 1.00 e. The molecule has 3 aromatic carbocycles. The Hall–Kier alpha value is -2.52. The van der Waals surface area contributed by atoms with E-state index in [0.29, 0.717) is 47.5 Å². The van der Waals surface area contributed by atoms with E-state index in [9.17, 15) is 27.9 Å². The van der Waals surface area contributed by atoms with Crippen LogP contribution in [0.4, 0.5) is 13.2 Å². The normalized spacial score (nSPS) is 14.6. The summed E-state index contributed by atoms with van der Waals surface area (Å²) < 4.78 is 49.9. The quantitative estimate of drug-likeness (QED) is 0.324. The Morgan fingerprint density at radius 3 is 2.49 bits per heavy atom. The Bertz CT molecular complexity index is 1280. The molecule has 10 heteroatoms. The summed E-state index contributed by atoms with van der Waals surface area (Å²) in [5.41, 5.74) is 0.706. The van der Waals surface area contributed by atoms with E-state index < -0.39 is 23.6 Å². The summed E-state index contributed by atoms with van der Waals surface area (Å²) >= 11 is 6.29. The van der Waals surface area contributed by atoms with Crippen LogP contribution in [-0.2, 0) is 17.4 Å². The van der Waals surface area contributed by atoms with Crippen molar-refractivity contribution >= 4 is 23.4 Å². The van der Waals surface area contributed by atoms with Crippen LogP contribution in [0.2, 0.25) is 5.02 Å². The number of carbonyl (C=O) groups excluding carboxylic acids is 2. The monoisotopic (exact) mass is 540 g/mol. The Labute approximate surface area is 238 Å². The van der Waals surface area contributed by atoms with Gasteiger partial charge in [-0.2, -0.15) is 13.2 Å². The molecule has 188 valence electrons. The minimum absolute atomic E-state index is 0. The number of aryl methyl sites for hydroxylation is 1. The summed E-state index contributed by atoms with van der Waals surface area (Å²) in [6.45, 7) is 0.233. The molecule has 0 N–H and O–H groups in total. The molecule has 0 aromatic heterocycles. The zero-order valence-electron chi connectivity index (χ0n) is 19.9. The fourth-order valence-corrected chi connectivity index (χ4v) is 4.26. The van der Waals surface area contributed by atoms with Gasteiger partial charge in [0.1, 0.15) is 17.2 Å². The van der Waals surface area contributed by atoms with Crippen molar-refractivity contribution in [1.82, 2.24) is 0 Å². The van der Waals surface area contributed by atoms with E-state index in [1.807, 2.05) is 0 Å². The van der Waals surface area contributed by atoms with Gasteiger partial charge in [0.15, 0.2) is 5.78 Å². The second-order valence-electron chi connectivity index (χ2n) is 8.43. The topological polar surface area (TPSA) is 75.7 Å². The number of ether oxygens (including phenoxy) is 2. The first-order valence-corrected chi connectivity index (χ1v) is 11.6. The number of hydrogen-bond acceptors (Lipinski definition) is 5. The van der Waals surface area contributed by atoms with Crippen LogP contribution in [0.15, 0.2) is 60.7 Å². The standard InChI is InChI=1S/C27H22ClF3O5.Na/c28-22-14-21-20(26(33)34)11-12-35-24(21)15-25(22)36-19-9-7-17(8-10-19)23(32)6-2-4-16-3-1-5-18(13-16)27(29,30)31;/h1,3,5,7-10,13-15,20H,2,4,6,11-12H2,(H,33,34);/q;+1/p-1. The van der Waals surface area contributed by atoms with Gasteiger partial charge in [0.05, 0.1) is 17.2 Å². The Morgan fingerprint density at radius 1 is 1.08 bits per heavy atom. The zero-order valence-corrected chi connectivity index (χ0v) is 22.7. The third kappa shape index (κ3) is 7.29. The van der Waals surface area contributed by atoms with E-state index in [1.165, 1.54) is 18.2 Å². The number of hydrogen-bond donors (Lipinski definition) is 0. The van der Waals surface area contributed by atoms with E-state index in [2.05, 4.69) is 0 Å². The van der Waals surface area contributed by atoms with Gasteiger partial charge < -0.3 is 19.4 Å². The zero-order chi connectivity index (χ0) is 25.9. The van der Waals surface area contributed by atoms with Gasteiger partial charge in [-0.1, -0.05) is 29.8 Å². The number of ketones is 1. The summed E-state index contributed by atoms with van der Waals surface area (Å²) in [4.78, 5) is 23.9. The minimum atomic E-state index is -4.40. The summed E-state index contributed by atoms with van der Waals surface area (Å²) in [6.07, 6.45) is -3.15. The Balaban J connectivity index is 0.00000380. The summed E-state index contributed by atoms with van der Waals surface area (Å²) in [7, 11) is 0. The predicted octanol–water partition coefficient (Wildman–Crippen LogP) is 2.98.